The summed E-state index contributed by atoms with van der Waals surface area (Å²) in [5, 5.41) is 0. The standard InChI is InChI=1S/C14H15NO2/c1-16-12-9-8-11(14(17-2)13(12)15)10-6-4-3-5-7-10/h3-9H,15H2,1-2H3. The van der Waals surface area contributed by atoms with Crippen molar-refractivity contribution in [2.75, 3.05) is 20.0 Å². The Balaban J connectivity index is 2.59. The molecule has 0 unspecified atom stereocenters. The highest BCUT2D eigenvalue weighted by Gasteiger charge is 2.12. The van der Waals surface area contributed by atoms with Gasteiger partial charge >= 0.3 is 0 Å². The van der Waals surface area contributed by atoms with E-state index >= 15 is 0 Å². The van der Waals surface area contributed by atoms with Crippen molar-refractivity contribution in [1.29, 1.82) is 0 Å². The molecule has 3 nitrogen and oxygen atoms in total. The van der Waals surface area contributed by atoms with Crippen molar-refractivity contribution < 1.29 is 9.47 Å². The maximum absolute atomic E-state index is 5.99. The van der Waals surface area contributed by atoms with Crippen LogP contribution in [0, 0.1) is 0 Å². The highest BCUT2D eigenvalue weighted by atomic mass is 16.5. The average molecular weight is 229 g/mol. The van der Waals surface area contributed by atoms with Crippen molar-refractivity contribution in [3.8, 4) is 22.6 Å². The van der Waals surface area contributed by atoms with Gasteiger partial charge in [0.25, 0.3) is 0 Å². The number of hydrogen-bond acceptors (Lipinski definition) is 3. The lowest BCUT2D eigenvalue weighted by Crippen LogP contribution is -1.98. The van der Waals surface area contributed by atoms with Crippen LogP contribution in [0.15, 0.2) is 42.5 Å². The maximum Gasteiger partial charge on any atom is 0.153 e. The van der Waals surface area contributed by atoms with E-state index in [0.717, 1.165) is 11.1 Å². The van der Waals surface area contributed by atoms with Crippen molar-refractivity contribution in [2.24, 2.45) is 0 Å². The molecule has 0 spiro atoms. The van der Waals surface area contributed by atoms with Gasteiger partial charge in [0.2, 0.25) is 0 Å². The second-order valence-corrected chi connectivity index (χ2v) is 3.63. The third-order valence-electron chi connectivity index (χ3n) is 2.66. The Bertz CT molecular complexity index is 509. The summed E-state index contributed by atoms with van der Waals surface area (Å²) in [6, 6.07) is 13.8. The van der Waals surface area contributed by atoms with Crippen LogP contribution < -0.4 is 15.2 Å². The number of rotatable bonds is 3. The number of methoxy groups -OCH3 is 2. The van der Waals surface area contributed by atoms with Crippen LogP contribution in [0.3, 0.4) is 0 Å². The van der Waals surface area contributed by atoms with Crippen LogP contribution in [0.2, 0.25) is 0 Å². The van der Waals surface area contributed by atoms with E-state index in [-0.39, 0.29) is 0 Å². The van der Waals surface area contributed by atoms with Gasteiger partial charge in [-0.3, -0.25) is 0 Å². The Hall–Kier alpha value is -2.16. The maximum atomic E-state index is 5.99. The number of ether oxygens (including phenoxy) is 2. The van der Waals surface area contributed by atoms with Crippen LogP contribution in [0.1, 0.15) is 0 Å². The molecule has 0 radical (unpaired) electrons. The Labute approximate surface area is 101 Å². The molecule has 0 aromatic heterocycles. The van der Waals surface area contributed by atoms with Crippen molar-refractivity contribution >= 4 is 5.69 Å². The van der Waals surface area contributed by atoms with E-state index < -0.39 is 0 Å². The average Bonchev–Trinajstić information content (AvgIpc) is 2.39. The number of benzene rings is 2. The molecule has 0 atom stereocenters. The lowest BCUT2D eigenvalue weighted by Gasteiger charge is -2.14. The van der Waals surface area contributed by atoms with Gasteiger partial charge in [-0.05, 0) is 17.7 Å². The summed E-state index contributed by atoms with van der Waals surface area (Å²) >= 11 is 0. The smallest absolute Gasteiger partial charge is 0.153 e. The van der Waals surface area contributed by atoms with E-state index in [2.05, 4.69) is 0 Å². The first-order valence-corrected chi connectivity index (χ1v) is 5.33. The molecule has 0 aliphatic heterocycles. The molecule has 0 saturated carbocycles. The molecule has 0 fully saturated rings. The second kappa shape index (κ2) is 4.78. The van der Waals surface area contributed by atoms with E-state index in [0.29, 0.717) is 17.2 Å². The summed E-state index contributed by atoms with van der Waals surface area (Å²) in [6.07, 6.45) is 0. The molecule has 2 N–H and O–H groups in total. The molecule has 17 heavy (non-hydrogen) atoms. The first-order chi connectivity index (χ1) is 8.27. The van der Waals surface area contributed by atoms with Gasteiger partial charge < -0.3 is 15.2 Å². The monoisotopic (exact) mass is 229 g/mol. The summed E-state index contributed by atoms with van der Waals surface area (Å²) in [5.41, 5.74) is 8.55. The number of nitrogens with two attached hydrogens (primary N) is 1. The van der Waals surface area contributed by atoms with Gasteiger partial charge in [0.1, 0.15) is 11.4 Å². The van der Waals surface area contributed by atoms with E-state index in [1.54, 1.807) is 14.2 Å². The third-order valence-corrected chi connectivity index (χ3v) is 2.66. The Morgan fingerprint density at radius 1 is 0.882 bits per heavy atom. The van der Waals surface area contributed by atoms with Crippen LogP contribution in [0.5, 0.6) is 11.5 Å². The molecule has 0 heterocycles. The molecule has 0 saturated heterocycles. The Morgan fingerprint density at radius 3 is 2.18 bits per heavy atom. The predicted molar refractivity (Wildman–Crippen MR) is 69.4 cm³/mol. The zero-order valence-corrected chi connectivity index (χ0v) is 9.94. The summed E-state index contributed by atoms with van der Waals surface area (Å²) < 4.78 is 10.5. The van der Waals surface area contributed by atoms with Gasteiger partial charge in [0.05, 0.1) is 14.2 Å². The van der Waals surface area contributed by atoms with E-state index in [1.165, 1.54) is 0 Å². The first-order valence-electron chi connectivity index (χ1n) is 5.33. The highest BCUT2D eigenvalue weighted by molar-refractivity contribution is 5.80. The van der Waals surface area contributed by atoms with Gasteiger partial charge in [0, 0.05) is 5.56 Å². The fourth-order valence-electron chi connectivity index (χ4n) is 1.82. The van der Waals surface area contributed by atoms with Crippen LogP contribution in [-0.2, 0) is 0 Å². The zero-order chi connectivity index (χ0) is 12.3. The van der Waals surface area contributed by atoms with E-state index in [1.807, 2.05) is 42.5 Å². The first kappa shape index (κ1) is 11.3. The molecular weight excluding hydrogens is 214 g/mol. The largest absolute Gasteiger partial charge is 0.494 e. The summed E-state index contributed by atoms with van der Waals surface area (Å²) in [7, 11) is 3.20. The number of hydrogen-bond donors (Lipinski definition) is 1. The van der Waals surface area contributed by atoms with Crippen molar-refractivity contribution in [3.63, 3.8) is 0 Å². The lowest BCUT2D eigenvalue weighted by atomic mass is 10.0. The summed E-state index contributed by atoms with van der Waals surface area (Å²) in [6.45, 7) is 0. The molecule has 0 aliphatic rings. The van der Waals surface area contributed by atoms with Crippen molar-refractivity contribution in [2.45, 2.75) is 0 Å². The third kappa shape index (κ3) is 2.04. The molecule has 2 aromatic rings. The zero-order valence-electron chi connectivity index (χ0n) is 9.94. The van der Waals surface area contributed by atoms with Crippen LogP contribution >= 0.6 is 0 Å². The van der Waals surface area contributed by atoms with Crippen molar-refractivity contribution in [1.82, 2.24) is 0 Å². The number of anilines is 1. The molecule has 3 heteroatoms. The normalized spacial score (nSPS) is 10.0. The van der Waals surface area contributed by atoms with Crippen molar-refractivity contribution in [3.05, 3.63) is 42.5 Å². The second-order valence-electron chi connectivity index (χ2n) is 3.63. The van der Waals surface area contributed by atoms with E-state index in [9.17, 15) is 0 Å². The molecule has 2 aromatic carbocycles. The van der Waals surface area contributed by atoms with Gasteiger partial charge in [0.15, 0.2) is 5.75 Å². The van der Waals surface area contributed by atoms with Crippen LogP contribution in [0.25, 0.3) is 11.1 Å². The molecule has 88 valence electrons. The Morgan fingerprint density at radius 2 is 1.59 bits per heavy atom. The highest BCUT2D eigenvalue weighted by Crippen LogP contribution is 2.40. The van der Waals surface area contributed by atoms with E-state index in [4.69, 9.17) is 15.2 Å². The Kier molecular flexibility index (Phi) is 3.19. The quantitative estimate of drug-likeness (QED) is 0.823. The van der Waals surface area contributed by atoms with Crippen LogP contribution in [-0.4, -0.2) is 14.2 Å². The fourth-order valence-corrected chi connectivity index (χ4v) is 1.82. The minimum atomic E-state index is 0.524. The van der Waals surface area contributed by atoms with Gasteiger partial charge in [-0.15, -0.1) is 0 Å². The summed E-state index contributed by atoms with van der Waals surface area (Å²) in [4.78, 5) is 0. The lowest BCUT2D eigenvalue weighted by molar-refractivity contribution is 0.399. The topological polar surface area (TPSA) is 44.5 Å². The molecule has 0 bridgehead atoms. The number of nitrogen functional groups attached to an aromatic ring is 1. The summed E-state index contributed by atoms with van der Waals surface area (Å²) in [5.74, 6) is 1.28. The molecule has 2 rings (SSSR count). The van der Waals surface area contributed by atoms with Gasteiger partial charge in [-0.2, -0.15) is 0 Å². The molecular formula is C14H15NO2. The van der Waals surface area contributed by atoms with Gasteiger partial charge in [-0.1, -0.05) is 30.3 Å². The molecule has 0 aliphatic carbocycles. The molecule has 0 amide bonds. The van der Waals surface area contributed by atoms with Crippen LogP contribution in [0.4, 0.5) is 5.69 Å². The minimum Gasteiger partial charge on any atom is -0.494 e. The fraction of sp³-hybridized carbons (Fsp3) is 0.143. The SMILES string of the molecule is COc1ccc(-c2ccccc2)c(OC)c1N. The van der Waals surface area contributed by atoms with Gasteiger partial charge in [-0.25, -0.2) is 0 Å². The predicted octanol–water partition coefficient (Wildman–Crippen LogP) is 2.95. The minimum absolute atomic E-state index is 0.524.